The van der Waals surface area contributed by atoms with Crippen molar-refractivity contribution < 1.29 is 27.8 Å². The second-order valence-electron chi connectivity index (χ2n) is 11.0. The zero-order valence-electron chi connectivity index (χ0n) is 22.8. The number of amides is 2. The Morgan fingerprint density at radius 2 is 1.80 bits per heavy atom. The molecular weight excluding hydrogens is 564 g/mol. The predicted molar refractivity (Wildman–Crippen MR) is 148 cm³/mol. The second-order valence-corrected chi connectivity index (χ2v) is 12.3. The van der Waals surface area contributed by atoms with Crippen LogP contribution in [0.15, 0.2) is 21.8 Å². The summed E-state index contributed by atoms with van der Waals surface area (Å²) >= 11 is 7.99. The van der Waals surface area contributed by atoms with E-state index >= 15 is 0 Å². The number of aryl methyl sites for hydroxylation is 1. The summed E-state index contributed by atoms with van der Waals surface area (Å²) in [5, 5.41) is 3.05. The van der Waals surface area contributed by atoms with Crippen molar-refractivity contribution in [2.24, 2.45) is 11.8 Å². The van der Waals surface area contributed by atoms with Crippen LogP contribution in [0.3, 0.4) is 0 Å². The minimum absolute atomic E-state index is 0.0465. The zero-order valence-corrected chi connectivity index (χ0v) is 24.4. The van der Waals surface area contributed by atoms with Gasteiger partial charge in [0.25, 0.3) is 23.2 Å². The van der Waals surface area contributed by atoms with Gasteiger partial charge in [-0.2, -0.15) is 0 Å². The average Bonchev–Trinajstić information content (AvgIpc) is 3.27. The molecule has 1 saturated carbocycles. The number of ether oxygens (including phenoxy) is 2. The van der Waals surface area contributed by atoms with Crippen molar-refractivity contribution in [2.45, 2.75) is 69.6 Å². The first-order chi connectivity index (χ1) is 18.8. The van der Waals surface area contributed by atoms with Crippen LogP contribution in [0, 0.1) is 25.7 Å². The molecule has 1 aromatic heterocycles. The minimum atomic E-state index is -2.78. The van der Waals surface area contributed by atoms with Gasteiger partial charge >= 0.3 is 0 Å². The molecule has 12 heteroatoms. The number of benzene rings is 1. The fraction of sp³-hybridized carbons (Fsp3) is 0.536. The van der Waals surface area contributed by atoms with Crippen LogP contribution in [-0.2, 0) is 11.3 Å². The molecule has 1 saturated heterocycles. The molecule has 2 amide bonds. The molecule has 40 heavy (non-hydrogen) atoms. The number of aromatic amines is 1. The molecule has 0 unspecified atom stereocenters. The summed E-state index contributed by atoms with van der Waals surface area (Å²) in [5.41, 5.74) is 1.84. The van der Waals surface area contributed by atoms with Crippen LogP contribution in [0.1, 0.15) is 59.8 Å². The highest BCUT2D eigenvalue weighted by Crippen LogP contribution is 2.52. The average molecular weight is 596 g/mol. The number of fused-ring (bicyclic) bond motifs is 1. The van der Waals surface area contributed by atoms with E-state index in [-0.39, 0.29) is 34.9 Å². The molecular formula is C28H32ClF2N3O5S. The van der Waals surface area contributed by atoms with Crippen LogP contribution in [0.5, 0.6) is 11.5 Å². The largest absolute Gasteiger partial charge is 0.448 e. The number of hydrogen-bond donors (Lipinski definition) is 2. The van der Waals surface area contributed by atoms with E-state index in [0.29, 0.717) is 53.9 Å². The van der Waals surface area contributed by atoms with E-state index in [2.05, 4.69) is 10.3 Å². The third-order valence-corrected chi connectivity index (χ3v) is 9.23. The predicted octanol–water partition coefficient (Wildman–Crippen LogP) is 5.07. The van der Waals surface area contributed by atoms with Gasteiger partial charge in [0.2, 0.25) is 5.91 Å². The van der Waals surface area contributed by atoms with E-state index in [1.165, 1.54) is 22.7 Å². The number of hydrogen-bond acceptors (Lipinski definition) is 6. The molecule has 216 valence electrons. The molecule has 1 atom stereocenters. The molecule has 2 fully saturated rings. The van der Waals surface area contributed by atoms with Crippen molar-refractivity contribution in [3.8, 4) is 11.5 Å². The minimum Gasteiger partial charge on any atom is -0.448 e. The Hall–Kier alpha value is -2.79. The first-order valence-corrected chi connectivity index (χ1v) is 14.8. The Bertz CT molecular complexity index is 1420. The summed E-state index contributed by atoms with van der Waals surface area (Å²) in [5.74, 6) is -4.04. The van der Waals surface area contributed by atoms with Gasteiger partial charge in [-0.25, -0.2) is 8.78 Å². The van der Waals surface area contributed by atoms with Crippen molar-refractivity contribution >= 4 is 35.2 Å². The molecule has 1 aliphatic carbocycles. The third-order valence-electron chi connectivity index (χ3n) is 8.14. The molecule has 2 N–H and O–H groups in total. The van der Waals surface area contributed by atoms with Gasteiger partial charge in [0.1, 0.15) is 0 Å². The van der Waals surface area contributed by atoms with E-state index in [0.717, 1.165) is 10.6 Å². The number of thioether (sulfide) groups is 1. The molecule has 3 aliphatic rings. The van der Waals surface area contributed by atoms with E-state index < -0.39 is 30.7 Å². The summed E-state index contributed by atoms with van der Waals surface area (Å²) in [4.78, 5) is 43.1. The molecule has 2 aliphatic heterocycles. The topological polar surface area (TPSA) is 101 Å². The maximum atomic E-state index is 13.2. The van der Waals surface area contributed by atoms with Crippen molar-refractivity contribution in [1.82, 2.24) is 15.2 Å². The van der Waals surface area contributed by atoms with Gasteiger partial charge in [-0.05, 0) is 57.9 Å². The highest BCUT2D eigenvalue weighted by atomic mass is 35.5. The summed E-state index contributed by atoms with van der Waals surface area (Å²) in [6.45, 7) is 4.42. The number of nitrogens with zero attached hydrogens (tertiary/aromatic N) is 1. The Balaban J connectivity index is 1.26. The number of halogens is 3. The SMILES string of the molecule is CSc1cc(C)[nH]c(=O)c1CNC(=O)c1cc(Cl)c2c(c1C)O[C@](C)(C1CCC(C(=O)N3CC(F)(F)C3)CC1)O2. The number of H-pyrrole nitrogens is 1. The molecule has 8 nitrogen and oxygen atoms in total. The van der Waals surface area contributed by atoms with Crippen molar-refractivity contribution in [1.29, 1.82) is 0 Å². The van der Waals surface area contributed by atoms with Gasteiger partial charge in [0.15, 0.2) is 11.5 Å². The second kappa shape index (κ2) is 10.6. The normalized spacial score (nSPS) is 24.9. The summed E-state index contributed by atoms with van der Waals surface area (Å²) in [6.07, 6.45) is 4.23. The van der Waals surface area contributed by atoms with Crippen LogP contribution < -0.4 is 20.3 Å². The van der Waals surface area contributed by atoms with Crippen LogP contribution in [-0.4, -0.2) is 52.8 Å². The van der Waals surface area contributed by atoms with Crippen molar-refractivity contribution in [3.05, 3.63) is 49.9 Å². The molecule has 2 aromatic rings. The molecule has 0 radical (unpaired) electrons. The summed E-state index contributed by atoms with van der Waals surface area (Å²) < 4.78 is 39.0. The molecule has 0 spiro atoms. The number of likely N-dealkylation sites (tertiary alicyclic amines) is 1. The number of aromatic nitrogens is 1. The van der Waals surface area contributed by atoms with Crippen LogP contribution in [0.25, 0.3) is 0 Å². The number of carbonyl (C=O) groups is 2. The molecule has 3 heterocycles. The Labute approximate surface area is 240 Å². The van der Waals surface area contributed by atoms with Gasteiger partial charge in [0.05, 0.1) is 18.1 Å². The first kappa shape index (κ1) is 28.7. The maximum Gasteiger partial charge on any atom is 0.282 e. The first-order valence-electron chi connectivity index (χ1n) is 13.2. The van der Waals surface area contributed by atoms with Crippen LogP contribution in [0.2, 0.25) is 5.02 Å². The quantitative estimate of drug-likeness (QED) is 0.453. The van der Waals surface area contributed by atoms with Gasteiger partial charge in [-0.3, -0.25) is 14.4 Å². The van der Waals surface area contributed by atoms with Crippen LogP contribution >= 0.6 is 23.4 Å². The fourth-order valence-electron chi connectivity index (χ4n) is 5.84. The summed E-state index contributed by atoms with van der Waals surface area (Å²) in [6, 6.07) is 3.40. The number of alkyl halides is 2. The molecule has 1 aromatic carbocycles. The lowest BCUT2D eigenvalue weighted by Crippen LogP contribution is -2.60. The Kier molecular flexibility index (Phi) is 7.58. The Morgan fingerprint density at radius 1 is 1.15 bits per heavy atom. The maximum absolute atomic E-state index is 13.2. The van der Waals surface area contributed by atoms with E-state index in [4.69, 9.17) is 21.1 Å². The lowest BCUT2D eigenvalue weighted by Gasteiger charge is -2.42. The highest BCUT2D eigenvalue weighted by molar-refractivity contribution is 7.98. The van der Waals surface area contributed by atoms with Crippen molar-refractivity contribution in [2.75, 3.05) is 19.3 Å². The van der Waals surface area contributed by atoms with E-state index in [1.54, 1.807) is 13.8 Å². The lowest BCUT2D eigenvalue weighted by molar-refractivity contribution is -0.172. The van der Waals surface area contributed by atoms with E-state index in [1.807, 2.05) is 19.2 Å². The van der Waals surface area contributed by atoms with Gasteiger partial charge < -0.3 is 24.7 Å². The fourth-order valence-corrected chi connectivity index (χ4v) is 6.78. The van der Waals surface area contributed by atoms with Gasteiger partial charge in [0, 0.05) is 52.6 Å². The monoisotopic (exact) mass is 595 g/mol. The zero-order chi connectivity index (χ0) is 29.0. The summed E-state index contributed by atoms with van der Waals surface area (Å²) in [7, 11) is 0. The smallest absolute Gasteiger partial charge is 0.282 e. The number of nitrogens with one attached hydrogen (secondary N) is 2. The van der Waals surface area contributed by atoms with Gasteiger partial charge in [-0.1, -0.05) is 11.6 Å². The standard InChI is InChI=1S/C28H32ClF2N3O5S/c1-14-9-21(40-4)19(25(36)33-14)11-32-24(35)18-10-20(29)23-22(15(18)2)38-27(3,39-23)17-7-5-16(6-8-17)26(37)34-12-28(30,31)13-34/h9-10,16-17H,5-8,11-13H2,1-4H3,(H,32,35)(H,33,36)/t16?,17?,27-/m0/s1. The van der Waals surface area contributed by atoms with Gasteiger partial charge in [-0.15, -0.1) is 11.8 Å². The van der Waals surface area contributed by atoms with Crippen LogP contribution in [0.4, 0.5) is 8.78 Å². The Morgan fingerprint density at radius 3 is 2.42 bits per heavy atom. The molecule has 5 rings (SSSR count). The third kappa shape index (κ3) is 5.30. The lowest BCUT2D eigenvalue weighted by atomic mass is 9.77. The number of rotatable bonds is 6. The van der Waals surface area contributed by atoms with E-state index in [9.17, 15) is 23.2 Å². The molecule has 0 bridgehead atoms. The highest BCUT2D eigenvalue weighted by Gasteiger charge is 2.51. The number of carbonyl (C=O) groups excluding carboxylic acids is 2. The number of pyridine rings is 1. The van der Waals surface area contributed by atoms with Crippen molar-refractivity contribution in [3.63, 3.8) is 0 Å².